The smallest absolute Gasteiger partial charge is 0.317 e. The van der Waals surface area contributed by atoms with E-state index < -0.39 is 5.97 Å². The number of carbonyl (C=O) groups is 1. The number of nitrogens with zero attached hydrogens (tertiary/aromatic N) is 1. The van der Waals surface area contributed by atoms with E-state index in [0.717, 1.165) is 16.7 Å². The minimum absolute atomic E-state index is 0.0228. The molecule has 4 heteroatoms. The van der Waals surface area contributed by atoms with Gasteiger partial charge in [-0.05, 0) is 30.5 Å². The zero-order chi connectivity index (χ0) is 13.7. The molecule has 0 spiro atoms. The van der Waals surface area contributed by atoms with E-state index >= 15 is 0 Å². The molecule has 0 bridgehead atoms. The molecule has 0 aromatic heterocycles. The molecule has 0 saturated heterocycles. The van der Waals surface area contributed by atoms with Gasteiger partial charge in [0.25, 0.3) is 0 Å². The molecule has 98 valence electrons. The number of aliphatic carboxylic acids is 1. The van der Waals surface area contributed by atoms with Gasteiger partial charge in [0.1, 0.15) is 5.75 Å². The lowest BCUT2D eigenvalue weighted by Crippen LogP contribution is -2.29. The maximum atomic E-state index is 10.7. The Bertz CT molecular complexity index is 431. The summed E-state index contributed by atoms with van der Waals surface area (Å²) in [5.41, 5.74) is 2.60. The number of phenols is 1. The van der Waals surface area contributed by atoms with Gasteiger partial charge in [-0.1, -0.05) is 18.2 Å². The van der Waals surface area contributed by atoms with Crippen molar-refractivity contribution in [3.63, 3.8) is 0 Å². The van der Waals surface area contributed by atoms with Crippen molar-refractivity contribution < 1.29 is 15.0 Å². The average molecular weight is 249 g/mol. The number of carboxylic acids is 1. The summed E-state index contributed by atoms with van der Waals surface area (Å²) in [7, 11) is 0. The van der Waals surface area contributed by atoms with Crippen molar-refractivity contribution in [3.8, 4) is 5.75 Å². The van der Waals surface area contributed by atoms with Gasteiger partial charge in [0.2, 0.25) is 0 Å². The highest BCUT2D eigenvalue weighted by Gasteiger charge is 2.10. The second-order valence-corrected chi connectivity index (χ2v) is 4.43. The largest absolute Gasteiger partial charge is 0.507 e. The quantitative estimate of drug-likeness (QED) is 0.758. The SMILES string of the molecule is C=CCN(CC(=O)O)Cc1cc(C)c(O)c(C)c1. The van der Waals surface area contributed by atoms with Crippen LogP contribution in [0.4, 0.5) is 0 Å². The first kappa shape index (κ1) is 14.3. The topological polar surface area (TPSA) is 60.8 Å². The molecule has 0 unspecified atom stereocenters. The molecule has 0 aliphatic carbocycles. The minimum atomic E-state index is -0.857. The van der Waals surface area contributed by atoms with E-state index in [0.29, 0.717) is 18.8 Å². The van der Waals surface area contributed by atoms with E-state index in [4.69, 9.17) is 5.11 Å². The molecule has 0 fully saturated rings. The van der Waals surface area contributed by atoms with Crippen molar-refractivity contribution in [2.75, 3.05) is 13.1 Å². The molecule has 0 heterocycles. The molecule has 0 aliphatic heterocycles. The van der Waals surface area contributed by atoms with E-state index in [2.05, 4.69) is 6.58 Å². The van der Waals surface area contributed by atoms with Crippen molar-refractivity contribution in [2.45, 2.75) is 20.4 Å². The molecule has 0 atom stereocenters. The molecular formula is C14H19NO3. The zero-order valence-corrected chi connectivity index (χ0v) is 10.8. The van der Waals surface area contributed by atoms with Gasteiger partial charge in [-0.25, -0.2) is 0 Å². The number of aromatic hydroxyl groups is 1. The maximum Gasteiger partial charge on any atom is 0.317 e. The van der Waals surface area contributed by atoms with Crippen LogP contribution in [0, 0.1) is 13.8 Å². The molecule has 0 aliphatic rings. The number of benzene rings is 1. The summed E-state index contributed by atoms with van der Waals surface area (Å²) in [6.45, 7) is 8.32. The average Bonchev–Trinajstić information content (AvgIpc) is 2.25. The van der Waals surface area contributed by atoms with E-state index in [-0.39, 0.29) is 6.54 Å². The van der Waals surface area contributed by atoms with Crippen LogP contribution < -0.4 is 0 Å². The Morgan fingerprint density at radius 3 is 2.39 bits per heavy atom. The third kappa shape index (κ3) is 3.89. The number of rotatable bonds is 6. The second-order valence-electron chi connectivity index (χ2n) is 4.43. The van der Waals surface area contributed by atoms with Crippen molar-refractivity contribution in [3.05, 3.63) is 41.5 Å². The van der Waals surface area contributed by atoms with Gasteiger partial charge in [-0.3, -0.25) is 9.69 Å². The van der Waals surface area contributed by atoms with Gasteiger partial charge in [-0.15, -0.1) is 6.58 Å². The second kappa shape index (κ2) is 6.21. The lowest BCUT2D eigenvalue weighted by Gasteiger charge is -2.19. The summed E-state index contributed by atoms with van der Waals surface area (Å²) in [6.07, 6.45) is 1.68. The van der Waals surface area contributed by atoms with Crippen LogP contribution in [0.1, 0.15) is 16.7 Å². The molecule has 4 nitrogen and oxygen atoms in total. The zero-order valence-electron chi connectivity index (χ0n) is 10.8. The van der Waals surface area contributed by atoms with Crippen LogP contribution in [0.15, 0.2) is 24.8 Å². The van der Waals surface area contributed by atoms with Crippen LogP contribution in [-0.4, -0.2) is 34.2 Å². The first-order valence-electron chi connectivity index (χ1n) is 5.78. The standard InChI is InChI=1S/C14H19NO3/c1-4-5-15(9-13(16)17)8-12-6-10(2)14(18)11(3)7-12/h4,6-7,18H,1,5,8-9H2,2-3H3,(H,16,17). The van der Waals surface area contributed by atoms with Crippen LogP contribution in [0.5, 0.6) is 5.75 Å². The van der Waals surface area contributed by atoms with Crippen LogP contribution in [0.25, 0.3) is 0 Å². The van der Waals surface area contributed by atoms with Gasteiger partial charge >= 0.3 is 5.97 Å². The van der Waals surface area contributed by atoms with Crippen LogP contribution in [0.2, 0.25) is 0 Å². The van der Waals surface area contributed by atoms with Gasteiger partial charge in [0.05, 0.1) is 6.54 Å². The molecule has 0 amide bonds. The Morgan fingerprint density at radius 1 is 1.39 bits per heavy atom. The molecule has 2 N–H and O–H groups in total. The minimum Gasteiger partial charge on any atom is -0.507 e. The molecular weight excluding hydrogens is 230 g/mol. The van der Waals surface area contributed by atoms with Crippen molar-refractivity contribution in [2.24, 2.45) is 0 Å². The fourth-order valence-electron chi connectivity index (χ4n) is 1.95. The number of aryl methyl sites for hydroxylation is 2. The molecule has 1 aromatic rings. The van der Waals surface area contributed by atoms with Gasteiger partial charge in [-0.2, -0.15) is 0 Å². The molecule has 0 saturated carbocycles. The first-order chi connectivity index (χ1) is 8.43. The number of carboxylic acid groups (broad SMARTS) is 1. The predicted molar refractivity (Wildman–Crippen MR) is 70.7 cm³/mol. The van der Waals surface area contributed by atoms with Crippen molar-refractivity contribution in [1.82, 2.24) is 4.90 Å². The van der Waals surface area contributed by atoms with Crippen LogP contribution in [0.3, 0.4) is 0 Å². The summed E-state index contributed by atoms with van der Waals surface area (Å²) in [6, 6.07) is 3.75. The van der Waals surface area contributed by atoms with Gasteiger partial charge < -0.3 is 10.2 Å². The van der Waals surface area contributed by atoms with Crippen molar-refractivity contribution in [1.29, 1.82) is 0 Å². The normalized spacial score (nSPS) is 10.6. The Labute approximate surface area is 107 Å². The molecule has 1 rings (SSSR count). The van der Waals surface area contributed by atoms with Crippen molar-refractivity contribution >= 4 is 5.97 Å². The predicted octanol–water partition coefficient (Wildman–Crippen LogP) is 2.08. The number of hydrogen-bond acceptors (Lipinski definition) is 3. The van der Waals surface area contributed by atoms with Gasteiger partial charge in [0.15, 0.2) is 0 Å². The summed E-state index contributed by atoms with van der Waals surface area (Å²) in [5.74, 6) is -0.559. The van der Waals surface area contributed by atoms with E-state index in [1.165, 1.54) is 0 Å². The molecule has 1 aromatic carbocycles. The Balaban J connectivity index is 2.86. The third-order valence-electron chi connectivity index (χ3n) is 2.70. The Morgan fingerprint density at radius 2 is 1.94 bits per heavy atom. The first-order valence-corrected chi connectivity index (χ1v) is 5.78. The third-order valence-corrected chi connectivity index (χ3v) is 2.70. The highest BCUT2D eigenvalue weighted by molar-refractivity contribution is 5.69. The Kier molecular flexibility index (Phi) is 4.92. The summed E-state index contributed by atoms with van der Waals surface area (Å²) < 4.78 is 0. The monoisotopic (exact) mass is 249 g/mol. The summed E-state index contributed by atoms with van der Waals surface area (Å²) in [5, 5.41) is 18.5. The maximum absolute atomic E-state index is 10.7. The van der Waals surface area contributed by atoms with Crippen LogP contribution >= 0.6 is 0 Å². The van der Waals surface area contributed by atoms with E-state index in [1.54, 1.807) is 11.0 Å². The summed E-state index contributed by atoms with van der Waals surface area (Å²) >= 11 is 0. The van der Waals surface area contributed by atoms with Gasteiger partial charge in [0, 0.05) is 13.1 Å². The number of hydrogen-bond donors (Lipinski definition) is 2. The fourth-order valence-corrected chi connectivity index (χ4v) is 1.95. The Hall–Kier alpha value is -1.81. The van der Waals surface area contributed by atoms with E-state index in [9.17, 15) is 9.90 Å². The highest BCUT2D eigenvalue weighted by atomic mass is 16.4. The highest BCUT2D eigenvalue weighted by Crippen LogP contribution is 2.23. The van der Waals surface area contributed by atoms with E-state index in [1.807, 2.05) is 26.0 Å². The number of phenolic OH excluding ortho intramolecular Hbond substituents is 1. The molecule has 0 radical (unpaired) electrons. The lowest BCUT2D eigenvalue weighted by atomic mass is 10.1. The molecule has 18 heavy (non-hydrogen) atoms. The van der Waals surface area contributed by atoms with Crippen LogP contribution in [-0.2, 0) is 11.3 Å². The summed E-state index contributed by atoms with van der Waals surface area (Å²) in [4.78, 5) is 12.5. The lowest BCUT2D eigenvalue weighted by molar-refractivity contribution is -0.138. The fraction of sp³-hybridized carbons (Fsp3) is 0.357.